The molecule has 7 heteroatoms. The van der Waals surface area contributed by atoms with Gasteiger partial charge in [-0.3, -0.25) is 19.5 Å². The average molecular weight is 386 g/mol. The summed E-state index contributed by atoms with van der Waals surface area (Å²) < 4.78 is 0. The van der Waals surface area contributed by atoms with Crippen LogP contribution in [0.15, 0.2) is 53.5 Å². The minimum atomic E-state index is -0.139. The zero-order chi connectivity index (χ0) is 18.1. The van der Waals surface area contributed by atoms with E-state index in [-0.39, 0.29) is 24.1 Å². The van der Waals surface area contributed by atoms with E-state index >= 15 is 0 Å². The van der Waals surface area contributed by atoms with Gasteiger partial charge >= 0.3 is 0 Å². The molecule has 0 radical (unpaired) electrons. The maximum absolute atomic E-state index is 12.7. The minimum absolute atomic E-state index is 0.0149. The number of amidine groups is 1. The Bertz CT molecular complexity index is 915. The van der Waals surface area contributed by atoms with Gasteiger partial charge in [0.25, 0.3) is 5.91 Å². The van der Waals surface area contributed by atoms with Gasteiger partial charge in [0.05, 0.1) is 16.5 Å². The Morgan fingerprint density at radius 3 is 2.65 bits per heavy atom. The van der Waals surface area contributed by atoms with Crippen LogP contribution in [0.2, 0.25) is 5.02 Å². The average Bonchev–Trinajstić information content (AvgIpc) is 3.24. The summed E-state index contributed by atoms with van der Waals surface area (Å²) in [5.74, 6) is 0.0992. The number of carbonyl (C=O) groups excluding carboxylic acids is 2. The number of benzene rings is 2. The van der Waals surface area contributed by atoms with Crippen LogP contribution in [0.4, 0.5) is 11.4 Å². The normalized spacial score (nSPS) is 16.0. The van der Waals surface area contributed by atoms with E-state index in [9.17, 15) is 9.59 Å². The highest BCUT2D eigenvalue weighted by Crippen LogP contribution is 2.31. The molecule has 132 valence electrons. The summed E-state index contributed by atoms with van der Waals surface area (Å²) in [5, 5.41) is 1.000. The molecule has 0 aromatic heterocycles. The van der Waals surface area contributed by atoms with Crippen LogP contribution in [-0.4, -0.2) is 35.8 Å². The molecule has 0 unspecified atom stereocenters. The third kappa shape index (κ3) is 3.10. The summed E-state index contributed by atoms with van der Waals surface area (Å²) in [6.45, 7) is 0.771. The molecule has 0 saturated heterocycles. The molecule has 2 heterocycles. The lowest BCUT2D eigenvalue weighted by Crippen LogP contribution is -2.34. The number of fused-ring (bicyclic) bond motifs is 1. The van der Waals surface area contributed by atoms with Gasteiger partial charge in [-0.1, -0.05) is 53.7 Å². The molecule has 4 rings (SSSR count). The summed E-state index contributed by atoms with van der Waals surface area (Å²) in [6.07, 6.45) is 0.873. The van der Waals surface area contributed by atoms with Gasteiger partial charge in [0.1, 0.15) is 6.54 Å². The largest absolute Gasteiger partial charge is 0.311 e. The lowest BCUT2D eigenvalue weighted by molar-refractivity contribution is -0.116. The summed E-state index contributed by atoms with van der Waals surface area (Å²) in [7, 11) is 0. The predicted octanol–water partition coefficient (Wildman–Crippen LogP) is 3.37. The first-order valence-corrected chi connectivity index (χ1v) is 9.64. The van der Waals surface area contributed by atoms with Gasteiger partial charge in [-0.15, -0.1) is 0 Å². The number of para-hydroxylation sites is 2. The van der Waals surface area contributed by atoms with Crippen molar-refractivity contribution in [2.45, 2.75) is 6.42 Å². The Hall–Kier alpha value is -2.31. The smallest absolute Gasteiger partial charge is 0.254 e. The van der Waals surface area contributed by atoms with Gasteiger partial charge in [-0.2, -0.15) is 0 Å². The number of aliphatic imine (C=N–C) groups is 1. The van der Waals surface area contributed by atoms with Crippen molar-refractivity contribution in [3.05, 3.63) is 59.1 Å². The van der Waals surface area contributed by atoms with E-state index < -0.39 is 0 Å². The van der Waals surface area contributed by atoms with Crippen molar-refractivity contribution >= 4 is 51.7 Å². The van der Waals surface area contributed by atoms with Gasteiger partial charge < -0.3 is 4.90 Å². The number of halogens is 1. The molecule has 0 aliphatic carbocycles. The zero-order valence-electron chi connectivity index (χ0n) is 13.9. The lowest BCUT2D eigenvalue weighted by atomic mass is 10.2. The fourth-order valence-corrected chi connectivity index (χ4v) is 4.28. The van der Waals surface area contributed by atoms with Crippen LogP contribution in [0.5, 0.6) is 0 Å². The van der Waals surface area contributed by atoms with Crippen molar-refractivity contribution in [1.29, 1.82) is 0 Å². The van der Waals surface area contributed by atoms with Crippen LogP contribution in [0.1, 0.15) is 5.56 Å². The quantitative estimate of drug-likeness (QED) is 0.814. The summed E-state index contributed by atoms with van der Waals surface area (Å²) in [6, 6.07) is 15.1. The van der Waals surface area contributed by atoms with E-state index in [1.165, 1.54) is 22.2 Å². The van der Waals surface area contributed by atoms with Gasteiger partial charge in [0.15, 0.2) is 5.17 Å². The van der Waals surface area contributed by atoms with Gasteiger partial charge in [0, 0.05) is 12.2 Å². The fourth-order valence-electron chi connectivity index (χ4n) is 3.17. The van der Waals surface area contributed by atoms with Crippen molar-refractivity contribution < 1.29 is 9.59 Å². The van der Waals surface area contributed by atoms with E-state index in [0.29, 0.717) is 22.4 Å². The Morgan fingerprint density at radius 2 is 1.85 bits per heavy atom. The number of amides is 2. The third-order valence-corrected chi connectivity index (χ3v) is 5.68. The number of hydrogen-bond donors (Lipinski definition) is 0. The van der Waals surface area contributed by atoms with Crippen molar-refractivity contribution in [3.8, 4) is 0 Å². The first-order valence-electron chi connectivity index (χ1n) is 8.28. The Labute approximate surface area is 160 Å². The second-order valence-corrected chi connectivity index (χ2v) is 7.34. The van der Waals surface area contributed by atoms with Crippen LogP contribution in [0.3, 0.4) is 0 Å². The first kappa shape index (κ1) is 17.1. The molecule has 2 aromatic rings. The summed E-state index contributed by atoms with van der Waals surface area (Å²) >= 11 is 7.50. The molecule has 0 saturated carbocycles. The zero-order valence-corrected chi connectivity index (χ0v) is 15.5. The molecule has 2 aromatic carbocycles. The molecule has 5 nitrogen and oxygen atoms in total. The molecule has 26 heavy (non-hydrogen) atoms. The SMILES string of the molecule is O=C(CSC1=NCC(=O)N1c1ccccc1Cl)N1CCc2ccccc21. The molecule has 0 spiro atoms. The van der Waals surface area contributed by atoms with E-state index in [0.717, 1.165) is 12.1 Å². The van der Waals surface area contributed by atoms with Crippen molar-refractivity contribution in [1.82, 2.24) is 0 Å². The van der Waals surface area contributed by atoms with Crippen molar-refractivity contribution in [2.75, 3.05) is 28.6 Å². The summed E-state index contributed by atoms with van der Waals surface area (Å²) in [4.78, 5) is 32.5. The molecular formula is C19H16ClN3O2S. The van der Waals surface area contributed by atoms with E-state index in [2.05, 4.69) is 11.1 Å². The van der Waals surface area contributed by atoms with E-state index in [1.54, 1.807) is 17.0 Å². The molecule has 0 fully saturated rings. The number of nitrogens with zero attached hydrogens (tertiary/aromatic N) is 3. The van der Waals surface area contributed by atoms with Crippen LogP contribution in [-0.2, 0) is 16.0 Å². The summed E-state index contributed by atoms with van der Waals surface area (Å²) in [5.41, 5.74) is 2.77. The maximum atomic E-state index is 12.7. The highest BCUT2D eigenvalue weighted by molar-refractivity contribution is 8.14. The van der Waals surface area contributed by atoms with E-state index in [1.807, 2.05) is 30.3 Å². The highest BCUT2D eigenvalue weighted by Gasteiger charge is 2.30. The van der Waals surface area contributed by atoms with E-state index in [4.69, 9.17) is 11.6 Å². The van der Waals surface area contributed by atoms with Crippen molar-refractivity contribution in [3.63, 3.8) is 0 Å². The molecule has 2 aliphatic heterocycles. The number of anilines is 2. The molecule has 0 N–H and O–H groups in total. The minimum Gasteiger partial charge on any atom is -0.311 e. The number of carbonyl (C=O) groups is 2. The molecule has 0 bridgehead atoms. The molecule has 2 amide bonds. The molecular weight excluding hydrogens is 370 g/mol. The standard InChI is InChI=1S/C19H16ClN3O2S/c20-14-6-2-4-8-16(14)23-17(24)11-21-19(23)26-12-18(25)22-10-9-13-5-1-3-7-15(13)22/h1-8H,9-12H2. The lowest BCUT2D eigenvalue weighted by Gasteiger charge is -2.20. The second-order valence-electron chi connectivity index (χ2n) is 5.99. The van der Waals surface area contributed by atoms with Crippen LogP contribution >= 0.6 is 23.4 Å². The number of rotatable bonds is 3. The van der Waals surface area contributed by atoms with Gasteiger partial charge in [-0.25, -0.2) is 0 Å². The Morgan fingerprint density at radius 1 is 1.12 bits per heavy atom. The van der Waals surface area contributed by atoms with Gasteiger partial charge in [0.2, 0.25) is 5.91 Å². The fraction of sp³-hybridized carbons (Fsp3) is 0.211. The first-order chi connectivity index (χ1) is 12.6. The van der Waals surface area contributed by atoms with Crippen molar-refractivity contribution in [2.24, 2.45) is 4.99 Å². The van der Waals surface area contributed by atoms with Crippen LogP contribution in [0.25, 0.3) is 0 Å². The van der Waals surface area contributed by atoms with Crippen LogP contribution in [0, 0.1) is 0 Å². The Balaban J connectivity index is 1.47. The highest BCUT2D eigenvalue weighted by atomic mass is 35.5. The van der Waals surface area contributed by atoms with Gasteiger partial charge in [-0.05, 0) is 30.2 Å². The monoisotopic (exact) mass is 385 g/mol. The van der Waals surface area contributed by atoms with Crippen LogP contribution < -0.4 is 9.80 Å². The topological polar surface area (TPSA) is 53.0 Å². The Kier molecular flexibility index (Phi) is 4.70. The second kappa shape index (κ2) is 7.13. The number of thioether (sulfide) groups is 1. The predicted molar refractivity (Wildman–Crippen MR) is 106 cm³/mol. The molecule has 0 atom stereocenters. The molecule has 2 aliphatic rings. The number of hydrogen-bond acceptors (Lipinski definition) is 4. The maximum Gasteiger partial charge on any atom is 0.254 e. The third-order valence-electron chi connectivity index (χ3n) is 4.40.